The van der Waals surface area contributed by atoms with Crippen molar-refractivity contribution in [3.05, 3.63) is 42.5 Å². The van der Waals surface area contributed by atoms with Gasteiger partial charge in [0.05, 0.1) is 0 Å². The minimum Gasteiger partial charge on any atom is -0.489 e. The Morgan fingerprint density at radius 3 is 2.73 bits per heavy atom. The van der Waals surface area contributed by atoms with E-state index in [1.807, 2.05) is 30.3 Å². The summed E-state index contributed by atoms with van der Waals surface area (Å²) in [4.78, 5) is 0. The molecule has 2 heteroatoms. The molecule has 1 saturated carbocycles. The minimum absolute atomic E-state index is 0.601. The van der Waals surface area contributed by atoms with Crippen molar-refractivity contribution in [3.63, 3.8) is 0 Å². The highest BCUT2D eigenvalue weighted by molar-refractivity contribution is 5.21. The van der Waals surface area contributed by atoms with E-state index in [1.165, 1.54) is 12.8 Å². The molecule has 0 aromatic heterocycles. The molecule has 0 bridgehead atoms. The molecule has 0 amide bonds. The first-order valence-electron chi connectivity index (χ1n) is 5.42. The van der Waals surface area contributed by atoms with Crippen LogP contribution in [0.25, 0.3) is 0 Å². The smallest absolute Gasteiger partial charge is 0.119 e. The van der Waals surface area contributed by atoms with Crippen molar-refractivity contribution in [2.24, 2.45) is 0 Å². The van der Waals surface area contributed by atoms with Crippen LogP contribution in [0.5, 0.6) is 5.75 Å². The molecule has 0 radical (unpaired) electrons. The van der Waals surface area contributed by atoms with E-state index in [0.717, 1.165) is 23.9 Å². The van der Waals surface area contributed by atoms with Crippen molar-refractivity contribution >= 4 is 0 Å². The van der Waals surface area contributed by atoms with Gasteiger partial charge in [-0.1, -0.05) is 24.8 Å². The zero-order valence-corrected chi connectivity index (χ0v) is 8.91. The molecule has 1 N–H and O–H groups in total. The van der Waals surface area contributed by atoms with Crippen LogP contribution >= 0.6 is 0 Å². The molecule has 2 nitrogen and oxygen atoms in total. The van der Waals surface area contributed by atoms with Crippen LogP contribution in [0.2, 0.25) is 0 Å². The van der Waals surface area contributed by atoms with Crippen molar-refractivity contribution in [3.8, 4) is 5.75 Å². The van der Waals surface area contributed by atoms with Gasteiger partial charge in [0.15, 0.2) is 0 Å². The van der Waals surface area contributed by atoms with Gasteiger partial charge in [0.1, 0.15) is 12.4 Å². The van der Waals surface area contributed by atoms with E-state index in [0.29, 0.717) is 6.61 Å². The maximum Gasteiger partial charge on any atom is 0.119 e. The summed E-state index contributed by atoms with van der Waals surface area (Å²) in [6.07, 6.45) is 2.62. The van der Waals surface area contributed by atoms with E-state index in [4.69, 9.17) is 4.74 Å². The summed E-state index contributed by atoms with van der Waals surface area (Å²) >= 11 is 0. The third-order valence-electron chi connectivity index (χ3n) is 2.40. The summed E-state index contributed by atoms with van der Waals surface area (Å²) in [7, 11) is 0. The molecule has 1 aliphatic carbocycles. The Kier molecular flexibility index (Phi) is 3.41. The van der Waals surface area contributed by atoms with Gasteiger partial charge in [0.25, 0.3) is 0 Å². The Hall–Kier alpha value is -1.28. The molecule has 0 aliphatic heterocycles. The predicted molar refractivity (Wildman–Crippen MR) is 62.1 cm³/mol. The minimum atomic E-state index is 0.601. The molecule has 80 valence electrons. The summed E-state index contributed by atoms with van der Waals surface area (Å²) in [5, 5.41) is 3.41. The third kappa shape index (κ3) is 3.76. The van der Waals surface area contributed by atoms with Crippen LogP contribution in [-0.4, -0.2) is 19.2 Å². The van der Waals surface area contributed by atoms with Gasteiger partial charge in [-0.3, -0.25) is 0 Å². The van der Waals surface area contributed by atoms with E-state index < -0.39 is 0 Å². The fourth-order valence-corrected chi connectivity index (χ4v) is 1.33. The Balaban J connectivity index is 1.66. The number of ether oxygens (including phenoxy) is 1. The van der Waals surface area contributed by atoms with Crippen molar-refractivity contribution in [1.82, 2.24) is 5.32 Å². The first-order valence-corrected chi connectivity index (χ1v) is 5.42. The Bertz CT molecular complexity index is 317. The fourth-order valence-electron chi connectivity index (χ4n) is 1.33. The molecule has 0 unspecified atom stereocenters. The third-order valence-corrected chi connectivity index (χ3v) is 2.40. The highest BCUT2D eigenvalue weighted by Crippen LogP contribution is 2.18. The molecule has 15 heavy (non-hydrogen) atoms. The summed E-state index contributed by atoms with van der Waals surface area (Å²) in [5.74, 6) is 0.907. The molecular formula is C13H17NO. The molecule has 1 aromatic rings. The van der Waals surface area contributed by atoms with Crippen molar-refractivity contribution in [1.29, 1.82) is 0 Å². The van der Waals surface area contributed by atoms with Crippen molar-refractivity contribution in [2.45, 2.75) is 18.9 Å². The van der Waals surface area contributed by atoms with E-state index in [9.17, 15) is 0 Å². The van der Waals surface area contributed by atoms with Gasteiger partial charge in [0.2, 0.25) is 0 Å². The average Bonchev–Trinajstić information content (AvgIpc) is 3.09. The first-order chi connectivity index (χ1) is 7.34. The maximum atomic E-state index is 5.58. The Labute approximate surface area is 91.0 Å². The summed E-state index contributed by atoms with van der Waals surface area (Å²) < 4.78 is 5.58. The second kappa shape index (κ2) is 4.99. The SMILES string of the molecule is C=C(CNC1CC1)COc1ccccc1. The van der Waals surface area contributed by atoms with Gasteiger partial charge in [-0.25, -0.2) is 0 Å². The second-order valence-corrected chi connectivity index (χ2v) is 4.01. The monoisotopic (exact) mass is 203 g/mol. The molecule has 2 rings (SSSR count). The number of para-hydroxylation sites is 1. The van der Waals surface area contributed by atoms with Gasteiger partial charge in [0, 0.05) is 12.6 Å². The molecular weight excluding hydrogens is 186 g/mol. The quantitative estimate of drug-likeness (QED) is 0.717. The van der Waals surface area contributed by atoms with Crippen LogP contribution < -0.4 is 10.1 Å². The predicted octanol–water partition coefficient (Wildman–Crippen LogP) is 2.37. The first kappa shape index (κ1) is 10.2. The lowest BCUT2D eigenvalue weighted by Crippen LogP contribution is -2.21. The lowest BCUT2D eigenvalue weighted by molar-refractivity contribution is 0.348. The zero-order chi connectivity index (χ0) is 10.5. The molecule has 1 aromatic carbocycles. The van der Waals surface area contributed by atoms with Gasteiger partial charge in [-0.15, -0.1) is 0 Å². The van der Waals surface area contributed by atoms with Crippen LogP contribution in [-0.2, 0) is 0 Å². The number of benzene rings is 1. The van der Waals surface area contributed by atoms with Crippen molar-refractivity contribution < 1.29 is 4.74 Å². The Morgan fingerprint density at radius 1 is 1.33 bits per heavy atom. The molecule has 0 heterocycles. The maximum absolute atomic E-state index is 5.58. The summed E-state index contributed by atoms with van der Waals surface area (Å²) in [5.41, 5.74) is 1.10. The topological polar surface area (TPSA) is 21.3 Å². The van der Waals surface area contributed by atoms with Gasteiger partial charge >= 0.3 is 0 Å². The van der Waals surface area contributed by atoms with E-state index in [-0.39, 0.29) is 0 Å². The molecule has 1 fully saturated rings. The molecule has 0 spiro atoms. The lowest BCUT2D eigenvalue weighted by atomic mass is 10.3. The van der Waals surface area contributed by atoms with E-state index in [1.54, 1.807) is 0 Å². The van der Waals surface area contributed by atoms with Crippen LogP contribution in [0, 0.1) is 0 Å². The van der Waals surface area contributed by atoms with Crippen LogP contribution in [0.15, 0.2) is 42.5 Å². The van der Waals surface area contributed by atoms with E-state index >= 15 is 0 Å². The summed E-state index contributed by atoms with van der Waals surface area (Å²) in [6.45, 7) is 5.46. The van der Waals surface area contributed by atoms with E-state index in [2.05, 4.69) is 11.9 Å². The van der Waals surface area contributed by atoms with Crippen molar-refractivity contribution in [2.75, 3.05) is 13.2 Å². The highest BCUT2D eigenvalue weighted by Gasteiger charge is 2.19. The number of rotatable bonds is 6. The zero-order valence-electron chi connectivity index (χ0n) is 8.91. The van der Waals surface area contributed by atoms with Crippen LogP contribution in [0.3, 0.4) is 0 Å². The normalized spacial score (nSPS) is 14.9. The van der Waals surface area contributed by atoms with Gasteiger partial charge < -0.3 is 10.1 Å². The molecule has 0 atom stereocenters. The fraction of sp³-hybridized carbons (Fsp3) is 0.385. The standard InChI is InChI=1S/C13H17NO/c1-11(9-14-12-7-8-12)10-15-13-5-3-2-4-6-13/h2-6,12,14H,1,7-10H2. The lowest BCUT2D eigenvalue weighted by Gasteiger charge is -2.09. The molecule has 1 aliphatic rings. The largest absolute Gasteiger partial charge is 0.489 e. The average molecular weight is 203 g/mol. The summed E-state index contributed by atoms with van der Waals surface area (Å²) in [6, 6.07) is 10.6. The number of hydrogen-bond donors (Lipinski definition) is 1. The van der Waals surface area contributed by atoms with Crippen LogP contribution in [0.1, 0.15) is 12.8 Å². The number of hydrogen-bond acceptors (Lipinski definition) is 2. The second-order valence-electron chi connectivity index (χ2n) is 4.01. The van der Waals surface area contributed by atoms with Gasteiger partial charge in [-0.05, 0) is 30.5 Å². The Morgan fingerprint density at radius 2 is 2.07 bits per heavy atom. The number of nitrogens with one attached hydrogen (secondary N) is 1. The highest BCUT2D eigenvalue weighted by atomic mass is 16.5. The van der Waals surface area contributed by atoms with Crippen LogP contribution in [0.4, 0.5) is 0 Å². The molecule has 0 saturated heterocycles. The van der Waals surface area contributed by atoms with Gasteiger partial charge in [-0.2, -0.15) is 0 Å².